The van der Waals surface area contributed by atoms with Crippen LogP contribution in [0.4, 0.5) is 5.82 Å². The Balaban J connectivity index is 1.52. The molecule has 2 aliphatic rings. The maximum atomic E-state index is 12.3. The highest BCUT2D eigenvalue weighted by Crippen LogP contribution is 2.40. The molecular formula is C20H19N7O. The van der Waals surface area contributed by atoms with Crippen LogP contribution in [0.5, 0.6) is 0 Å². The molecule has 1 fully saturated rings. The first-order chi connectivity index (χ1) is 13.8. The van der Waals surface area contributed by atoms with Gasteiger partial charge in [0.15, 0.2) is 5.82 Å². The number of nitrogens with one attached hydrogen (secondary N) is 2. The highest BCUT2D eigenvalue weighted by molar-refractivity contribution is 5.94. The predicted octanol–water partition coefficient (Wildman–Crippen LogP) is 2.28. The molecule has 8 nitrogen and oxygen atoms in total. The van der Waals surface area contributed by atoms with Gasteiger partial charge >= 0.3 is 0 Å². The molecule has 0 aliphatic heterocycles. The van der Waals surface area contributed by atoms with Crippen LogP contribution in [0.25, 0.3) is 6.08 Å². The van der Waals surface area contributed by atoms with E-state index in [-0.39, 0.29) is 11.8 Å². The molecule has 3 heterocycles. The minimum atomic E-state index is -0.555. The first-order valence-corrected chi connectivity index (χ1v) is 9.36. The quantitative estimate of drug-likeness (QED) is 0.726. The highest BCUT2D eigenvalue weighted by Gasteiger charge is 2.39. The number of rotatable bonds is 4. The van der Waals surface area contributed by atoms with Crippen LogP contribution in [0.15, 0.2) is 43.3 Å². The second-order valence-corrected chi connectivity index (χ2v) is 7.25. The summed E-state index contributed by atoms with van der Waals surface area (Å²) < 4.78 is 0. The molecule has 3 aromatic rings. The Morgan fingerprint density at radius 3 is 2.39 bits per heavy atom. The molecule has 2 aliphatic carbocycles. The summed E-state index contributed by atoms with van der Waals surface area (Å²) in [4.78, 5) is 29.4. The SMILES string of the molecule is O=C(Nc1n[nH]c2c1C=CC(c1ccncn1)(c1ccncn1)C2)C1CCC1. The molecule has 2 N–H and O–H groups in total. The Labute approximate surface area is 161 Å². The molecule has 1 amide bonds. The molecule has 0 saturated heterocycles. The molecule has 0 bridgehead atoms. The smallest absolute Gasteiger partial charge is 0.228 e. The summed E-state index contributed by atoms with van der Waals surface area (Å²) in [5.41, 5.74) is 2.98. The van der Waals surface area contributed by atoms with Gasteiger partial charge in [0, 0.05) is 36.0 Å². The number of fused-ring (bicyclic) bond motifs is 1. The number of allylic oxidation sites excluding steroid dienone is 1. The molecule has 0 unspecified atom stereocenters. The normalized spacial score (nSPS) is 17.6. The lowest BCUT2D eigenvalue weighted by Gasteiger charge is -2.31. The van der Waals surface area contributed by atoms with Crippen LogP contribution in [-0.2, 0) is 16.6 Å². The van der Waals surface area contributed by atoms with Crippen molar-refractivity contribution < 1.29 is 4.79 Å². The maximum absolute atomic E-state index is 12.3. The number of H-pyrrole nitrogens is 1. The predicted molar refractivity (Wildman–Crippen MR) is 102 cm³/mol. The largest absolute Gasteiger partial charge is 0.308 e. The molecule has 0 spiro atoms. The molecule has 1 saturated carbocycles. The number of anilines is 1. The van der Waals surface area contributed by atoms with E-state index in [4.69, 9.17) is 0 Å². The van der Waals surface area contributed by atoms with Crippen LogP contribution in [-0.4, -0.2) is 36.0 Å². The van der Waals surface area contributed by atoms with E-state index in [1.54, 1.807) is 25.0 Å². The molecule has 0 radical (unpaired) electrons. The Morgan fingerprint density at radius 1 is 1.11 bits per heavy atom. The Morgan fingerprint density at radius 2 is 1.82 bits per heavy atom. The number of nitrogens with zero attached hydrogens (tertiary/aromatic N) is 5. The lowest BCUT2D eigenvalue weighted by molar-refractivity contribution is -0.122. The van der Waals surface area contributed by atoms with Crippen molar-refractivity contribution >= 4 is 17.8 Å². The van der Waals surface area contributed by atoms with E-state index >= 15 is 0 Å². The summed E-state index contributed by atoms with van der Waals surface area (Å²) in [6.45, 7) is 0. The third-order valence-corrected chi connectivity index (χ3v) is 5.67. The second kappa shape index (κ2) is 6.63. The number of amides is 1. The van der Waals surface area contributed by atoms with Gasteiger partial charge in [-0.05, 0) is 25.0 Å². The van der Waals surface area contributed by atoms with Crippen LogP contribution in [0.1, 0.15) is 41.9 Å². The van der Waals surface area contributed by atoms with Gasteiger partial charge in [-0.2, -0.15) is 5.10 Å². The highest BCUT2D eigenvalue weighted by atomic mass is 16.2. The minimum absolute atomic E-state index is 0.0531. The van der Waals surface area contributed by atoms with E-state index in [9.17, 15) is 4.79 Å². The van der Waals surface area contributed by atoms with E-state index < -0.39 is 5.41 Å². The van der Waals surface area contributed by atoms with Crippen molar-refractivity contribution in [3.8, 4) is 0 Å². The summed E-state index contributed by atoms with van der Waals surface area (Å²) in [7, 11) is 0. The van der Waals surface area contributed by atoms with Gasteiger partial charge in [0.05, 0.1) is 16.8 Å². The first kappa shape index (κ1) is 16.7. The van der Waals surface area contributed by atoms with Crippen molar-refractivity contribution in [1.82, 2.24) is 30.1 Å². The molecular weight excluding hydrogens is 354 g/mol. The molecule has 28 heavy (non-hydrogen) atoms. The van der Waals surface area contributed by atoms with E-state index in [1.807, 2.05) is 18.2 Å². The van der Waals surface area contributed by atoms with Crippen molar-refractivity contribution in [3.63, 3.8) is 0 Å². The van der Waals surface area contributed by atoms with E-state index in [1.165, 1.54) is 0 Å². The third kappa shape index (κ3) is 2.69. The van der Waals surface area contributed by atoms with Gasteiger partial charge in [0.25, 0.3) is 0 Å². The first-order valence-electron chi connectivity index (χ1n) is 9.36. The molecule has 140 valence electrons. The Hall–Kier alpha value is -3.42. The zero-order valence-corrected chi connectivity index (χ0v) is 15.2. The summed E-state index contributed by atoms with van der Waals surface area (Å²) in [5, 5.41) is 10.4. The van der Waals surface area contributed by atoms with Gasteiger partial charge in [-0.3, -0.25) is 9.89 Å². The Kier molecular flexibility index (Phi) is 3.96. The molecule has 0 atom stereocenters. The number of hydrogen-bond acceptors (Lipinski definition) is 6. The van der Waals surface area contributed by atoms with Crippen molar-refractivity contribution in [2.75, 3.05) is 5.32 Å². The zero-order valence-electron chi connectivity index (χ0n) is 15.2. The standard InChI is InChI=1S/C20H19N7O/c28-19(13-2-1-3-13)25-18-14-4-7-20(10-15(14)26-27-18,16-5-8-21-11-23-16)17-6-9-22-12-24-17/h4-9,11-13H,1-3,10H2,(H2,25,26,27,28). The van der Waals surface area contributed by atoms with Gasteiger partial charge in [-0.15, -0.1) is 0 Å². The summed E-state index contributed by atoms with van der Waals surface area (Å²) in [5.74, 6) is 0.751. The van der Waals surface area contributed by atoms with E-state index in [0.29, 0.717) is 12.2 Å². The molecule has 3 aromatic heterocycles. The van der Waals surface area contributed by atoms with E-state index in [2.05, 4.69) is 41.5 Å². The lowest BCUT2D eigenvalue weighted by Crippen LogP contribution is -2.33. The van der Waals surface area contributed by atoms with Gasteiger partial charge in [-0.1, -0.05) is 18.6 Å². The maximum Gasteiger partial charge on any atom is 0.228 e. The monoisotopic (exact) mass is 373 g/mol. The fourth-order valence-electron chi connectivity index (χ4n) is 3.84. The van der Waals surface area contributed by atoms with Crippen molar-refractivity contribution in [2.24, 2.45) is 5.92 Å². The van der Waals surface area contributed by atoms with Gasteiger partial charge < -0.3 is 5.32 Å². The van der Waals surface area contributed by atoms with Gasteiger partial charge in [0.2, 0.25) is 5.91 Å². The van der Waals surface area contributed by atoms with Crippen molar-refractivity contribution in [2.45, 2.75) is 31.1 Å². The molecule has 8 heteroatoms. The van der Waals surface area contributed by atoms with Gasteiger partial charge in [-0.25, -0.2) is 19.9 Å². The topological polar surface area (TPSA) is 109 Å². The van der Waals surface area contributed by atoms with Crippen molar-refractivity contribution in [3.05, 3.63) is 65.9 Å². The second-order valence-electron chi connectivity index (χ2n) is 7.25. The average Bonchev–Trinajstić information content (AvgIpc) is 3.09. The molecule has 0 aromatic carbocycles. The number of aromatic nitrogens is 6. The minimum Gasteiger partial charge on any atom is -0.308 e. The Bertz CT molecular complexity index is 986. The number of carbonyl (C=O) groups is 1. The third-order valence-electron chi connectivity index (χ3n) is 5.67. The van der Waals surface area contributed by atoms with Crippen LogP contribution in [0.2, 0.25) is 0 Å². The number of hydrogen-bond donors (Lipinski definition) is 2. The summed E-state index contributed by atoms with van der Waals surface area (Å²) >= 11 is 0. The summed E-state index contributed by atoms with van der Waals surface area (Å²) in [6, 6.07) is 3.79. The lowest BCUT2D eigenvalue weighted by atomic mass is 9.73. The average molecular weight is 373 g/mol. The molecule has 5 rings (SSSR count). The zero-order chi connectivity index (χ0) is 19.0. The van der Waals surface area contributed by atoms with Crippen molar-refractivity contribution in [1.29, 1.82) is 0 Å². The fourth-order valence-corrected chi connectivity index (χ4v) is 3.84. The van der Waals surface area contributed by atoms with Crippen LogP contribution < -0.4 is 5.32 Å². The van der Waals surface area contributed by atoms with Gasteiger partial charge in [0.1, 0.15) is 12.7 Å². The van der Waals surface area contributed by atoms with Crippen LogP contribution >= 0.6 is 0 Å². The summed E-state index contributed by atoms with van der Waals surface area (Å²) in [6.07, 6.45) is 14.2. The van der Waals surface area contributed by atoms with E-state index in [0.717, 1.165) is 41.9 Å². The fraction of sp³-hybridized carbons (Fsp3) is 0.300. The number of carbonyl (C=O) groups excluding carboxylic acids is 1. The van der Waals surface area contributed by atoms with Crippen LogP contribution in [0.3, 0.4) is 0 Å². The van der Waals surface area contributed by atoms with Crippen LogP contribution in [0, 0.1) is 5.92 Å². The number of aromatic amines is 1.